The Labute approximate surface area is 149 Å². The number of hydrogen-bond donors (Lipinski definition) is 1. The van der Waals surface area contributed by atoms with E-state index in [2.05, 4.69) is 10.4 Å². The highest BCUT2D eigenvalue weighted by Gasteiger charge is 2.15. The maximum atomic E-state index is 13.1. The molecular formula is C19H18FN3OS. The van der Waals surface area contributed by atoms with Gasteiger partial charge < -0.3 is 5.32 Å². The molecule has 0 aliphatic carbocycles. The lowest BCUT2D eigenvalue weighted by Crippen LogP contribution is -2.25. The van der Waals surface area contributed by atoms with Crippen LogP contribution < -0.4 is 5.32 Å². The average molecular weight is 355 g/mol. The molecule has 4 nitrogen and oxygen atoms in total. The summed E-state index contributed by atoms with van der Waals surface area (Å²) in [6.07, 6.45) is 5.04. The summed E-state index contributed by atoms with van der Waals surface area (Å²) in [4.78, 5) is 12.1. The van der Waals surface area contributed by atoms with E-state index >= 15 is 0 Å². The number of carbonyl (C=O) groups is 1. The van der Waals surface area contributed by atoms with Crippen molar-refractivity contribution in [2.24, 2.45) is 0 Å². The van der Waals surface area contributed by atoms with Gasteiger partial charge in [-0.2, -0.15) is 16.4 Å². The van der Waals surface area contributed by atoms with Gasteiger partial charge in [0, 0.05) is 17.3 Å². The van der Waals surface area contributed by atoms with Gasteiger partial charge in [0.05, 0.1) is 17.9 Å². The maximum Gasteiger partial charge on any atom is 0.244 e. The fourth-order valence-corrected chi connectivity index (χ4v) is 3.20. The maximum absolute atomic E-state index is 13.1. The van der Waals surface area contributed by atoms with Crippen molar-refractivity contribution >= 4 is 23.3 Å². The summed E-state index contributed by atoms with van der Waals surface area (Å²) in [5.74, 6) is -0.445. The molecule has 6 heteroatoms. The first-order valence-electron chi connectivity index (χ1n) is 7.86. The number of carbonyl (C=O) groups excluding carboxylic acids is 1. The van der Waals surface area contributed by atoms with Crippen LogP contribution in [0.2, 0.25) is 0 Å². The van der Waals surface area contributed by atoms with Gasteiger partial charge in [-0.25, -0.2) is 9.07 Å². The Morgan fingerprint density at radius 1 is 1.32 bits per heavy atom. The first kappa shape index (κ1) is 17.1. The number of thiophene rings is 1. The van der Waals surface area contributed by atoms with E-state index in [1.807, 2.05) is 30.7 Å². The zero-order valence-electron chi connectivity index (χ0n) is 13.9. The highest BCUT2D eigenvalue weighted by Crippen LogP contribution is 2.20. The number of nitrogens with one attached hydrogen (secondary N) is 1. The van der Waals surface area contributed by atoms with Crippen molar-refractivity contribution in [3.05, 3.63) is 76.0 Å². The van der Waals surface area contributed by atoms with Gasteiger partial charge in [-0.15, -0.1) is 0 Å². The summed E-state index contributed by atoms with van der Waals surface area (Å²) in [6.45, 7) is 3.84. The Bertz CT molecular complexity index is 882. The van der Waals surface area contributed by atoms with E-state index in [9.17, 15) is 9.18 Å². The van der Waals surface area contributed by atoms with Crippen LogP contribution in [0.4, 0.5) is 4.39 Å². The van der Waals surface area contributed by atoms with Crippen LogP contribution in [0.1, 0.15) is 29.8 Å². The van der Waals surface area contributed by atoms with E-state index in [0.717, 1.165) is 22.5 Å². The second-order valence-electron chi connectivity index (χ2n) is 5.69. The number of aromatic nitrogens is 2. The number of nitrogens with zero attached hydrogens (tertiary/aromatic N) is 2. The molecule has 128 valence electrons. The van der Waals surface area contributed by atoms with Crippen LogP contribution in [-0.2, 0) is 4.79 Å². The third-order valence-electron chi connectivity index (χ3n) is 3.91. The average Bonchev–Trinajstić information content (AvgIpc) is 3.23. The van der Waals surface area contributed by atoms with Crippen molar-refractivity contribution < 1.29 is 9.18 Å². The van der Waals surface area contributed by atoms with Gasteiger partial charge in [-0.1, -0.05) is 0 Å². The van der Waals surface area contributed by atoms with E-state index in [1.165, 1.54) is 18.2 Å². The standard InChI is InChI=1S/C19H18FN3OS/c1-13(22-19(24)8-3-15-9-10-25-12-15)18-11-21-23(14(18)2)17-6-4-16(20)5-7-17/h3-13H,1-2H3,(H,22,24)/b8-3+. The second-order valence-corrected chi connectivity index (χ2v) is 6.47. The Morgan fingerprint density at radius 2 is 2.08 bits per heavy atom. The molecule has 3 rings (SSSR count). The summed E-state index contributed by atoms with van der Waals surface area (Å²) in [7, 11) is 0. The molecule has 0 aliphatic heterocycles. The molecule has 3 aromatic rings. The van der Waals surface area contributed by atoms with Crippen molar-refractivity contribution in [2.45, 2.75) is 19.9 Å². The topological polar surface area (TPSA) is 46.9 Å². The van der Waals surface area contributed by atoms with Crippen LogP contribution in [0, 0.1) is 12.7 Å². The molecule has 1 N–H and O–H groups in total. The molecular weight excluding hydrogens is 337 g/mol. The van der Waals surface area contributed by atoms with Crippen LogP contribution in [0.25, 0.3) is 11.8 Å². The fraction of sp³-hybridized carbons (Fsp3) is 0.158. The van der Waals surface area contributed by atoms with Crippen molar-refractivity contribution in [1.29, 1.82) is 0 Å². The summed E-state index contributed by atoms with van der Waals surface area (Å²) in [6, 6.07) is 7.91. The fourth-order valence-electron chi connectivity index (χ4n) is 2.57. The molecule has 0 radical (unpaired) electrons. The quantitative estimate of drug-likeness (QED) is 0.695. The minimum atomic E-state index is -0.285. The SMILES string of the molecule is Cc1c(C(C)NC(=O)/C=C/c2ccsc2)cnn1-c1ccc(F)cc1. The smallest absolute Gasteiger partial charge is 0.244 e. The van der Waals surface area contributed by atoms with Gasteiger partial charge in [0.1, 0.15) is 5.82 Å². The summed E-state index contributed by atoms with van der Waals surface area (Å²) >= 11 is 1.59. The summed E-state index contributed by atoms with van der Waals surface area (Å²) in [5, 5.41) is 11.2. The van der Waals surface area contributed by atoms with Gasteiger partial charge in [-0.3, -0.25) is 4.79 Å². The Balaban J connectivity index is 1.71. The van der Waals surface area contributed by atoms with Crippen molar-refractivity contribution in [3.8, 4) is 5.69 Å². The largest absolute Gasteiger partial charge is 0.346 e. The third-order valence-corrected chi connectivity index (χ3v) is 4.62. The number of benzene rings is 1. The molecule has 0 spiro atoms. The molecule has 1 atom stereocenters. The van der Waals surface area contributed by atoms with E-state index in [4.69, 9.17) is 0 Å². The van der Waals surface area contributed by atoms with Crippen LogP contribution in [0.5, 0.6) is 0 Å². The first-order valence-corrected chi connectivity index (χ1v) is 8.80. The molecule has 0 aliphatic rings. The lowest BCUT2D eigenvalue weighted by atomic mass is 10.1. The van der Waals surface area contributed by atoms with E-state index < -0.39 is 0 Å². The lowest BCUT2D eigenvalue weighted by Gasteiger charge is -2.13. The molecule has 2 aromatic heterocycles. The van der Waals surface area contributed by atoms with E-state index in [0.29, 0.717) is 0 Å². The Hall–Kier alpha value is -2.73. The highest BCUT2D eigenvalue weighted by molar-refractivity contribution is 7.08. The molecule has 1 aromatic carbocycles. The Kier molecular flexibility index (Phi) is 5.09. The molecule has 2 heterocycles. The monoisotopic (exact) mass is 355 g/mol. The van der Waals surface area contributed by atoms with Crippen LogP contribution in [-0.4, -0.2) is 15.7 Å². The predicted molar refractivity (Wildman–Crippen MR) is 98.2 cm³/mol. The van der Waals surface area contributed by atoms with Crippen LogP contribution >= 0.6 is 11.3 Å². The van der Waals surface area contributed by atoms with E-state index in [-0.39, 0.29) is 17.8 Å². The molecule has 1 unspecified atom stereocenters. The minimum Gasteiger partial charge on any atom is -0.346 e. The number of hydrogen-bond acceptors (Lipinski definition) is 3. The minimum absolute atomic E-state index is 0.160. The normalized spacial score (nSPS) is 12.4. The van der Waals surface area contributed by atoms with Crippen molar-refractivity contribution in [1.82, 2.24) is 15.1 Å². The molecule has 0 saturated carbocycles. The van der Waals surface area contributed by atoms with Gasteiger partial charge >= 0.3 is 0 Å². The molecule has 1 amide bonds. The zero-order valence-corrected chi connectivity index (χ0v) is 14.8. The zero-order chi connectivity index (χ0) is 17.8. The van der Waals surface area contributed by atoms with Gasteiger partial charge in [0.25, 0.3) is 0 Å². The van der Waals surface area contributed by atoms with Crippen LogP contribution in [0.15, 0.2) is 53.4 Å². The Morgan fingerprint density at radius 3 is 2.76 bits per heavy atom. The first-order chi connectivity index (χ1) is 12.0. The van der Waals surface area contributed by atoms with Crippen molar-refractivity contribution in [3.63, 3.8) is 0 Å². The van der Waals surface area contributed by atoms with Gasteiger partial charge in [-0.05, 0) is 66.6 Å². The molecule has 0 saturated heterocycles. The highest BCUT2D eigenvalue weighted by atomic mass is 32.1. The summed E-state index contributed by atoms with van der Waals surface area (Å²) in [5.41, 5.74) is 3.61. The summed E-state index contributed by atoms with van der Waals surface area (Å²) < 4.78 is 14.8. The molecule has 0 fully saturated rings. The van der Waals surface area contributed by atoms with Gasteiger partial charge in [0.2, 0.25) is 5.91 Å². The third kappa shape index (κ3) is 4.03. The van der Waals surface area contributed by atoms with Crippen LogP contribution in [0.3, 0.4) is 0 Å². The number of rotatable bonds is 5. The van der Waals surface area contributed by atoms with Gasteiger partial charge in [0.15, 0.2) is 0 Å². The molecule has 25 heavy (non-hydrogen) atoms. The lowest BCUT2D eigenvalue weighted by molar-refractivity contribution is -0.117. The predicted octanol–water partition coefficient (Wildman–Crippen LogP) is 4.27. The molecule has 0 bridgehead atoms. The number of amides is 1. The number of halogens is 1. The van der Waals surface area contributed by atoms with Crippen molar-refractivity contribution in [2.75, 3.05) is 0 Å². The van der Waals surface area contributed by atoms with E-state index in [1.54, 1.807) is 40.4 Å². The second kappa shape index (κ2) is 7.44.